The first-order valence-electron chi connectivity index (χ1n) is 8.19. The summed E-state index contributed by atoms with van der Waals surface area (Å²) in [5, 5.41) is 12.3. The highest BCUT2D eigenvalue weighted by atomic mass is 16.4. The fourth-order valence-corrected chi connectivity index (χ4v) is 3.71. The SMILES string of the molecule is O=C(O)C1CCCN1C1CCN(C(=O)NC2CCC2)CC1. The van der Waals surface area contributed by atoms with Crippen molar-refractivity contribution in [2.45, 2.75) is 63.1 Å². The predicted octanol–water partition coefficient (Wildman–Crippen LogP) is 1.26. The van der Waals surface area contributed by atoms with Crippen molar-refractivity contribution in [3.05, 3.63) is 0 Å². The average molecular weight is 295 g/mol. The number of amides is 2. The Hall–Kier alpha value is -1.30. The topological polar surface area (TPSA) is 72.9 Å². The Morgan fingerprint density at radius 2 is 1.67 bits per heavy atom. The van der Waals surface area contributed by atoms with E-state index in [2.05, 4.69) is 10.2 Å². The predicted molar refractivity (Wildman–Crippen MR) is 78.1 cm³/mol. The second-order valence-corrected chi connectivity index (χ2v) is 6.53. The van der Waals surface area contributed by atoms with Crippen molar-refractivity contribution < 1.29 is 14.7 Å². The van der Waals surface area contributed by atoms with Crippen LogP contribution in [0.1, 0.15) is 44.9 Å². The molecule has 6 heteroatoms. The number of likely N-dealkylation sites (tertiary alicyclic amines) is 2. The molecule has 6 nitrogen and oxygen atoms in total. The molecule has 2 amide bonds. The number of piperidine rings is 1. The zero-order valence-corrected chi connectivity index (χ0v) is 12.5. The fraction of sp³-hybridized carbons (Fsp3) is 0.867. The molecule has 2 heterocycles. The van der Waals surface area contributed by atoms with Crippen LogP contribution >= 0.6 is 0 Å². The molecule has 3 rings (SSSR count). The van der Waals surface area contributed by atoms with Gasteiger partial charge in [0, 0.05) is 25.2 Å². The molecule has 0 aromatic carbocycles. The zero-order valence-electron chi connectivity index (χ0n) is 12.5. The molecule has 1 atom stereocenters. The maximum Gasteiger partial charge on any atom is 0.320 e. The molecule has 1 unspecified atom stereocenters. The number of nitrogens with one attached hydrogen (secondary N) is 1. The number of carboxylic acid groups (broad SMARTS) is 1. The van der Waals surface area contributed by atoms with Gasteiger partial charge < -0.3 is 15.3 Å². The highest BCUT2D eigenvalue weighted by molar-refractivity contribution is 5.75. The summed E-state index contributed by atoms with van der Waals surface area (Å²) >= 11 is 0. The van der Waals surface area contributed by atoms with Crippen molar-refractivity contribution in [2.75, 3.05) is 19.6 Å². The maximum atomic E-state index is 12.1. The first kappa shape index (κ1) is 14.6. The van der Waals surface area contributed by atoms with Gasteiger partial charge in [0.05, 0.1) is 0 Å². The molecule has 1 aliphatic carbocycles. The van der Waals surface area contributed by atoms with Crippen molar-refractivity contribution >= 4 is 12.0 Å². The fourth-order valence-electron chi connectivity index (χ4n) is 3.71. The third-order valence-corrected chi connectivity index (χ3v) is 5.23. The molecule has 0 radical (unpaired) electrons. The van der Waals surface area contributed by atoms with Crippen LogP contribution in [0, 0.1) is 0 Å². The second-order valence-electron chi connectivity index (χ2n) is 6.53. The number of urea groups is 1. The van der Waals surface area contributed by atoms with Crippen LogP contribution in [-0.2, 0) is 4.79 Å². The molecule has 3 fully saturated rings. The largest absolute Gasteiger partial charge is 0.480 e. The van der Waals surface area contributed by atoms with Gasteiger partial charge in [-0.3, -0.25) is 9.69 Å². The Bertz CT molecular complexity index is 403. The van der Waals surface area contributed by atoms with Crippen LogP contribution in [0.25, 0.3) is 0 Å². The number of carbonyl (C=O) groups is 2. The van der Waals surface area contributed by atoms with Gasteiger partial charge in [0.2, 0.25) is 0 Å². The summed E-state index contributed by atoms with van der Waals surface area (Å²) in [4.78, 5) is 27.4. The summed E-state index contributed by atoms with van der Waals surface area (Å²) in [5.41, 5.74) is 0. The minimum Gasteiger partial charge on any atom is -0.480 e. The molecule has 21 heavy (non-hydrogen) atoms. The third kappa shape index (κ3) is 3.15. The second kappa shape index (κ2) is 6.22. The van der Waals surface area contributed by atoms with Crippen LogP contribution in [0.15, 0.2) is 0 Å². The number of carboxylic acids is 1. The molecule has 0 spiro atoms. The van der Waals surface area contributed by atoms with Crippen LogP contribution in [0.5, 0.6) is 0 Å². The van der Waals surface area contributed by atoms with Crippen LogP contribution in [0.4, 0.5) is 4.79 Å². The van der Waals surface area contributed by atoms with Crippen LogP contribution in [0.2, 0.25) is 0 Å². The number of nitrogens with zero attached hydrogens (tertiary/aromatic N) is 2. The Labute approximate surface area is 125 Å². The Balaban J connectivity index is 1.48. The summed E-state index contributed by atoms with van der Waals surface area (Å²) in [5.74, 6) is -0.697. The molecule has 3 aliphatic rings. The maximum absolute atomic E-state index is 12.1. The minimum absolute atomic E-state index is 0.0642. The standard InChI is InChI=1S/C15H25N3O3/c19-14(20)13-5-2-8-18(13)12-6-9-17(10-7-12)15(21)16-11-3-1-4-11/h11-13H,1-10H2,(H,16,21)(H,19,20). The van der Waals surface area contributed by atoms with E-state index in [0.717, 1.165) is 58.2 Å². The monoisotopic (exact) mass is 295 g/mol. The normalized spacial score (nSPS) is 28.4. The van der Waals surface area contributed by atoms with Crippen molar-refractivity contribution in [1.82, 2.24) is 15.1 Å². The first-order chi connectivity index (χ1) is 10.1. The van der Waals surface area contributed by atoms with Gasteiger partial charge in [-0.2, -0.15) is 0 Å². The highest BCUT2D eigenvalue weighted by Gasteiger charge is 2.37. The molecule has 0 aromatic heterocycles. The van der Waals surface area contributed by atoms with Crippen molar-refractivity contribution in [1.29, 1.82) is 0 Å². The summed E-state index contributed by atoms with van der Waals surface area (Å²) < 4.78 is 0. The summed E-state index contributed by atoms with van der Waals surface area (Å²) in [7, 11) is 0. The van der Waals surface area contributed by atoms with Gasteiger partial charge >= 0.3 is 12.0 Å². The van der Waals surface area contributed by atoms with Crippen molar-refractivity contribution in [3.63, 3.8) is 0 Å². The van der Waals surface area contributed by atoms with E-state index in [0.29, 0.717) is 12.1 Å². The van der Waals surface area contributed by atoms with Gasteiger partial charge in [0.1, 0.15) is 6.04 Å². The zero-order chi connectivity index (χ0) is 14.8. The summed E-state index contributed by atoms with van der Waals surface area (Å²) in [6.07, 6.45) is 6.95. The lowest BCUT2D eigenvalue weighted by atomic mass is 9.93. The van der Waals surface area contributed by atoms with E-state index < -0.39 is 5.97 Å². The summed E-state index contributed by atoms with van der Waals surface area (Å²) in [6.45, 7) is 2.37. The minimum atomic E-state index is -0.697. The molecule has 0 bridgehead atoms. The Kier molecular flexibility index (Phi) is 4.33. The van der Waals surface area contributed by atoms with E-state index >= 15 is 0 Å². The lowest BCUT2D eigenvalue weighted by Crippen LogP contribution is -2.53. The molecular weight excluding hydrogens is 270 g/mol. The number of hydrogen-bond acceptors (Lipinski definition) is 3. The summed E-state index contributed by atoms with van der Waals surface area (Å²) in [6, 6.07) is 0.450. The quantitative estimate of drug-likeness (QED) is 0.822. The lowest BCUT2D eigenvalue weighted by molar-refractivity contribution is -0.143. The Morgan fingerprint density at radius 3 is 2.24 bits per heavy atom. The molecule has 1 saturated carbocycles. The Morgan fingerprint density at radius 1 is 0.952 bits per heavy atom. The highest BCUT2D eigenvalue weighted by Crippen LogP contribution is 2.26. The van der Waals surface area contributed by atoms with Gasteiger partial charge in [-0.25, -0.2) is 4.79 Å². The molecule has 2 aliphatic heterocycles. The number of aliphatic carboxylic acids is 1. The molecular formula is C15H25N3O3. The van der Waals surface area contributed by atoms with Gasteiger partial charge in [-0.1, -0.05) is 0 Å². The first-order valence-corrected chi connectivity index (χ1v) is 8.19. The number of hydrogen-bond donors (Lipinski definition) is 2. The van der Waals surface area contributed by atoms with Gasteiger partial charge in [0.25, 0.3) is 0 Å². The van der Waals surface area contributed by atoms with Gasteiger partial charge in [0.15, 0.2) is 0 Å². The van der Waals surface area contributed by atoms with E-state index in [1.807, 2.05) is 4.90 Å². The van der Waals surface area contributed by atoms with E-state index in [1.54, 1.807) is 0 Å². The lowest BCUT2D eigenvalue weighted by Gasteiger charge is -2.39. The smallest absolute Gasteiger partial charge is 0.320 e. The van der Waals surface area contributed by atoms with Gasteiger partial charge in [-0.15, -0.1) is 0 Å². The van der Waals surface area contributed by atoms with E-state index in [9.17, 15) is 14.7 Å². The van der Waals surface area contributed by atoms with Crippen molar-refractivity contribution in [3.8, 4) is 0 Å². The van der Waals surface area contributed by atoms with Crippen LogP contribution < -0.4 is 5.32 Å². The van der Waals surface area contributed by atoms with Crippen LogP contribution in [0.3, 0.4) is 0 Å². The van der Waals surface area contributed by atoms with E-state index in [4.69, 9.17) is 0 Å². The van der Waals surface area contributed by atoms with Gasteiger partial charge in [-0.05, 0) is 51.5 Å². The number of rotatable bonds is 3. The molecule has 2 N–H and O–H groups in total. The molecule has 2 saturated heterocycles. The number of carbonyl (C=O) groups excluding carboxylic acids is 1. The van der Waals surface area contributed by atoms with Crippen LogP contribution in [-0.4, -0.2) is 64.7 Å². The van der Waals surface area contributed by atoms with E-state index in [1.165, 1.54) is 6.42 Å². The van der Waals surface area contributed by atoms with E-state index in [-0.39, 0.29) is 12.1 Å². The third-order valence-electron chi connectivity index (χ3n) is 5.23. The molecule has 118 valence electrons. The van der Waals surface area contributed by atoms with Crippen molar-refractivity contribution in [2.24, 2.45) is 0 Å². The average Bonchev–Trinajstić information content (AvgIpc) is 2.92. The molecule has 0 aromatic rings.